The van der Waals surface area contributed by atoms with E-state index in [4.69, 9.17) is 11.6 Å². The Balaban J connectivity index is 2.77. The van der Waals surface area contributed by atoms with Gasteiger partial charge in [-0.25, -0.2) is 18.1 Å². The molecule has 1 unspecified atom stereocenters. The molecule has 0 aromatic carbocycles. The largest absolute Gasteiger partial charge is 0.243 e. The van der Waals surface area contributed by atoms with Crippen molar-refractivity contribution in [2.45, 2.75) is 23.5 Å². The van der Waals surface area contributed by atoms with Crippen molar-refractivity contribution in [2.24, 2.45) is 0 Å². The lowest BCUT2D eigenvalue weighted by molar-refractivity contribution is 0.578. The lowest BCUT2D eigenvalue weighted by atomic mass is 10.3. The molecule has 1 atom stereocenters. The monoisotopic (exact) mass is 372 g/mol. The first kappa shape index (κ1) is 16.2. The fourth-order valence-electron chi connectivity index (χ4n) is 1.18. The highest BCUT2D eigenvalue weighted by atomic mass is 79.9. The topological polar surface area (TPSA) is 59.1 Å². The first-order valence-electron chi connectivity index (χ1n) is 5.20. The van der Waals surface area contributed by atoms with Crippen LogP contribution in [0.3, 0.4) is 0 Å². The van der Waals surface area contributed by atoms with Crippen molar-refractivity contribution in [3.05, 3.63) is 21.9 Å². The van der Waals surface area contributed by atoms with Gasteiger partial charge in [-0.1, -0.05) is 18.5 Å². The molecule has 0 saturated carbocycles. The molecule has 0 saturated heterocycles. The SMILES string of the molecule is CSC(C)CCNS(=O)(=O)c1cc(Br)cnc1Cl. The van der Waals surface area contributed by atoms with E-state index < -0.39 is 10.0 Å². The van der Waals surface area contributed by atoms with Gasteiger partial charge in [0.15, 0.2) is 0 Å². The molecule has 1 heterocycles. The average Bonchev–Trinajstić information content (AvgIpc) is 2.31. The molecule has 1 aromatic rings. The van der Waals surface area contributed by atoms with E-state index >= 15 is 0 Å². The van der Waals surface area contributed by atoms with Gasteiger partial charge in [-0.15, -0.1) is 0 Å². The minimum atomic E-state index is -3.60. The standard InChI is InChI=1S/C10H14BrClN2O2S2/c1-7(17-2)3-4-14-18(15,16)9-5-8(11)6-13-10(9)12/h5-7,14H,3-4H2,1-2H3. The molecule has 102 valence electrons. The van der Waals surface area contributed by atoms with Crippen LogP contribution in [0.15, 0.2) is 21.6 Å². The third-order valence-corrected chi connectivity index (χ3v) is 5.67. The van der Waals surface area contributed by atoms with Gasteiger partial charge < -0.3 is 0 Å². The zero-order chi connectivity index (χ0) is 13.8. The highest BCUT2D eigenvalue weighted by Gasteiger charge is 2.19. The Morgan fingerprint density at radius 1 is 1.61 bits per heavy atom. The van der Waals surface area contributed by atoms with Crippen LogP contribution in [-0.2, 0) is 10.0 Å². The van der Waals surface area contributed by atoms with Crippen molar-refractivity contribution >= 4 is 49.3 Å². The van der Waals surface area contributed by atoms with Crippen molar-refractivity contribution in [2.75, 3.05) is 12.8 Å². The summed E-state index contributed by atoms with van der Waals surface area (Å²) in [6, 6.07) is 1.44. The van der Waals surface area contributed by atoms with Crippen LogP contribution in [0.1, 0.15) is 13.3 Å². The molecule has 8 heteroatoms. The molecule has 0 radical (unpaired) electrons. The van der Waals surface area contributed by atoms with Crippen LogP contribution < -0.4 is 4.72 Å². The first-order valence-corrected chi connectivity index (χ1v) is 9.14. The number of sulfonamides is 1. The predicted octanol–water partition coefficient (Wildman–Crippen LogP) is 2.92. The summed E-state index contributed by atoms with van der Waals surface area (Å²) in [5, 5.41) is 0.382. The molecule has 0 amide bonds. The number of rotatable bonds is 6. The van der Waals surface area contributed by atoms with Crippen molar-refractivity contribution in [1.29, 1.82) is 0 Å². The van der Waals surface area contributed by atoms with Crippen LogP contribution in [0.25, 0.3) is 0 Å². The summed E-state index contributed by atoms with van der Waals surface area (Å²) >= 11 is 10.7. The highest BCUT2D eigenvalue weighted by molar-refractivity contribution is 9.10. The van der Waals surface area contributed by atoms with Crippen molar-refractivity contribution < 1.29 is 8.42 Å². The Kier molecular flexibility index (Phi) is 6.40. The number of pyridine rings is 1. The number of nitrogens with one attached hydrogen (secondary N) is 1. The van der Waals surface area contributed by atoms with E-state index in [0.717, 1.165) is 6.42 Å². The molecule has 1 N–H and O–H groups in total. The Morgan fingerprint density at radius 3 is 2.89 bits per heavy atom. The second-order valence-electron chi connectivity index (χ2n) is 3.68. The summed E-state index contributed by atoms with van der Waals surface area (Å²) in [7, 11) is -3.60. The van der Waals surface area contributed by atoms with E-state index in [9.17, 15) is 8.42 Å². The van der Waals surface area contributed by atoms with Crippen molar-refractivity contribution in [1.82, 2.24) is 9.71 Å². The molecule has 0 spiro atoms. The number of hydrogen-bond donors (Lipinski definition) is 1. The van der Waals surface area contributed by atoms with Crippen molar-refractivity contribution in [3.8, 4) is 0 Å². The summed E-state index contributed by atoms with van der Waals surface area (Å²) in [5.74, 6) is 0. The van der Waals surface area contributed by atoms with Gasteiger partial charge in [0.25, 0.3) is 0 Å². The fourth-order valence-corrected chi connectivity index (χ4v) is 3.53. The summed E-state index contributed by atoms with van der Waals surface area (Å²) < 4.78 is 27.1. The lowest BCUT2D eigenvalue weighted by Crippen LogP contribution is -2.26. The normalized spacial score (nSPS) is 13.6. The summed E-state index contributed by atoms with van der Waals surface area (Å²) in [4.78, 5) is 3.80. The van der Waals surface area contributed by atoms with E-state index in [2.05, 4.69) is 25.6 Å². The minimum absolute atomic E-state index is 0.00431. The van der Waals surface area contributed by atoms with Gasteiger partial charge in [-0.2, -0.15) is 11.8 Å². The molecular formula is C10H14BrClN2O2S2. The summed E-state index contributed by atoms with van der Waals surface area (Å²) in [5.41, 5.74) is 0. The second kappa shape index (κ2) is 7.09. The Morgan fingerprint density at radius 2 is 2.28 bits per heavy atom. The minimum Gasteiger partial charge on any atom is -0.242 e. The molecule has 0 aliphatic rings. The van der Waals surface area contributed by atoms with Gasteiger partial charge >= 0.3 is 0 Å². The summed E-state index contributed by atoms with van der Waals surface area (Å²) in [6.45, 7) is 2.43. The van der Waals surface area contributed by atoms with Gasteiger partial charge in [0.2, 0.25) is 10.0 Å². The highest BCUT2D eigenvalue weighted by Crippen LogP contribution is 2.22. The van der Waals surface area contributed by atoms with Gasteiger partial charge in [0.05, 0.1) is 0 Å². The van der Waals surface area contributed by atoms with E-state index in [1.165, 1.54) is 12.3 Å². The number of hydrogen-bond acceptors (Lipinski definition) is 4. The van der Waals surface area contributed by atoms with Crippen LogP contribution in [0.2, 0.25) is 5.15 Å². The maximum atomic E-state index is 12.0. The number of halogens is 2. The molecule has 0 aliphatic heterocycles. The first-order chi connectivity index (χ1) is 8.36. The molecule has 0 fully saturated rings. The quantitative estimate of drug-likeness (QED) is 0.779. The van der Waals surface area contributed by atoms with Gasteiger partial charge in [-0.3, -0.25) is 0 Å². The molecule has 1 aromatic heterocycles. The number of nitrogens with zero attached hydrogens (tertiary/aromatic N) is 1. The zero-order valence-corrected chi connectivity index (χ0v) is 14.0. The molecule has 1 rings (SSSR count). The van der Waals surface area contributed by atoms with E-state index in [0.29, 0.717) is 16.3 Å². The lowest BCUT2D eigenvalue weighted by Gasteiger charge is -2.10. The van der Waals surface area contributed by atoms with E-state index in [-0.39, 0.29) is 10.0 Å². The van der Waals surface area contributed by atoms with Gasteiger partial charge in [0, 0.05) is 22.5 Å². The van der Waals surface area contributed by atoms with Crippen LogP contribution in [-0.4, -0.2) is 31.5 Å². The molecule has 0 bridgehead atoms. The Labute approximate surface area is 125 Å². The Bertz CT molecular complexity index is 511. The molecule has 18 heavy (non-hydrogen) atoms. The van der Waals surface area contributed by atoms with Gasteiger partial charge in [0.1, 0.15) is 10.0 Å². The maximum absolute atomic E-state index is 12.0. The molecule has 0 aliphatic carbocycles. The average molecular weight is 374 g/mol. The molecular weight excluding hydrogens is 360 g/mol. The second-order valence-corrected chi connectivity index (χ2v) is 7.96. The van der Waals surface area contributed by atoms with Crippen LogP contribution in [0, 0.1) is 0 Å². The molecule has 4 nitrogen and oxygen atoms in total. The van der Waals surface area contributed by atoms with Crippen LogP contribution >= 0.6 is 39.3 Å². The maximum Gasteiger partial charge on any atom is 0.243 e. The van der Waals surface area contributed by atoms with Crippen LogP contribution in [0.4, 0.5) is 0 Å². The smallest absolute Gasteiger partial charge is 0.242 e. The third-order valence-electron chi connectivity index (χ3n) is 2.31. The third kappa shape index (κ3) is 4.70. The number of thioether (sulfide) groups is 1. The van der Waals surface area contributed by atoms with Crippen LogP contribution in [0.5, 0.6) is 0 Å². The fraction of sp³-hybridized carbons (Fsp3) is 0.500. The predicted molar refractivity (Wildman–Crippen MR) is 79.7 cm³/mol. The number of aromatic nitrogens is 1. The van der Waals surface area contributed by atoms with E-state index in [1.807, 2.05) is 13.2 Å². The zero-order valence-electron chi connectivity index (χ0n) is 9.98. The van der Waals surface area contributed by atoms with Crippen molar-refractivity contribution in [3.63, 3.8) is 0 Å². The summed E-state index contributed by atoms with van der Waals surface area (Å²) in [6.07, 6.45) is 4.21. The van der Waals surface area contributed by atoms with E-state index in [1.54, 1.807) is 11.8 Å². The Hall–Kier alpha value is 0.180. The van der Waals surface area contributed by atoms with Gasteiger partial charge in [-0.05, 0) is 34.7 Å².